The zero-order chi connectivity index (χ0) is 28.2. The molecule has 0 unspecified atom stereocenters. The number of hydrogen-bond acceptors (Lipinski definition) is 7. The van der Waals surface area contributed by atoms with Gasteiger partial charge in [-0.2, -0.15) is 5.10 Å². The first kappa shape index (κ1) is 33.4. The van der Waals surface area contributed by atoms with Gasteiger partial charge in [-0.15, -0.1) is 12.4 Å². The molecule has 3 rings (SSSR count). The summed E-state index contributed by atoms with van der Waals surface area (Å²) >= 11 is 0. The number of amides is 2. The molecule has 2 N–H and O–H groups in total. The number of nitrogens with one attached hydrogen (secondary N) is 2. The number of aromatic nitrogens is 2. The molecule has 0 saturated carbocycles. The van der Waals surface area contributed by atoms with Crippen molar-refractivity contribution in [2.75, 3.05) is 54.1 Å². The van der Waals surface area contributed by atoms with Crippen LogP contribution in [0.1, 0.15) is 56.4 Å². The average Bonchev–Trinajstić information content (AvgIpc) is 3.34. The molecule has 1 fully saturated rings. The quantitative estimate of drug-likeness (QED) is 0.309. The molecule has 2 amide bonds. The number of benzene rings is 1. The first-order valence-corrected chi connectivity index (χ1v) is 13.9. The molecule has 40 heavy (non-hydrogen) atoms. The standard InChI is InChI=1S/C29H45N5O5.ClH/c1-21(2)20-34-24(28-25(38-4)10-9-11-26(28)39-5)19-23(32-34)29(36)31-22(18-27(35)30-13-17-37-3)12-16-33-14-7-6-8-15-33;/h9-11,19,21-22H,6-8,12-18,20H2,1-5H3,(H,30,35)(H,31,36);1H/t22-;/m0./s1. The summed E-state index contributed by atoms with van der Waals surface area (Å²) in [7, 11) is 4.82. The van der Waals surface area contributed by atoms with Crippen LogP contribution in [0.3, 0.4) is 0 Å². The molecule has 1 aromatic carbocycles. The number of rotatable bonds is 15. The molecule has 11 heteroatoms. The predicted octanol–water partition coefficient (Wildman–Crippen LogP) is 3.77. The maximum Gasteiger partial charge on any atom is 0.272 e. The van der Waals surface area contributed by atoms with E-state index in [0.29, 0.717) is 49.2 Å². The summed E-state index contributed by atoms with van der Waals surface area (Å²) in [5.41, 5.74) is 1.78. The Labute approximate surface area is 244 Å². The van der Waals surface area contributed by atoms with Crippen molar-refractivity contribution < 1.29 is 23.8 Å². The highest BCUT2D eigenvalue weighted by molar-refractivity contribution is 5.94. The van der Waals surface area contributed by atoms with Crippen LogP contribution in [0, 0.1) is 5.92 Å². The highest BCUT2D eigenvalue weighted by Gasteiger charge is 2.24. The van der Waals surface area contributed by atoms with Crippen molar-refractivity contribution >= 4 is 24.2 Å². The van der Waals surface area contributed by atoms with E-state index < -0.39 is 0 Å². The second-order valence-corrected chi connectivity index (χ2v) is 10.4. The van der Waals surface area contributed by atoms with E-state index in [1.165, 1.54) is 19.3 Å². The highest BCUT2D eigenvalue weighted by Crippen LogP contribution is 2.38. The van der Waals surface area contributed by atoms with Crippen LogP contribution in [0.25, 0.3) is 11.3 Å². The van der Waals surface area contributed by atoms with Crippen molar-refractivity contribution in [3.8, 4) is 22.8 Å². The Hall–Kier alpha value is -2.82. The van der Waals surface area contributed by atoms with Crippen LogP contribution in [-0.4, -0.2) is 86.7 Å². The summed E-state index contributed by atoms with van der Waals surface area (Å²) < 4.78 is 18.1. The van der Waals surface area contributed by atoms with Crippen molar-refractivity contribution in [1.82, 2.24) is 25.3 Å². The molecule has 1 aliphatic rings. The molecular weight excluding hydrogens is 534 g/mol. The van der Waals surface area contributed by atoms with Gasteiger partial charge in [0, 0.05) is 39.2 Å². The van der Waals surface area contributed by atoms with E-state index in [1.807, 2.05) is 22.9 Å². The summed E-state index contributed by atoms with van der Waals surface area (Å²) in [6.45, 7) is 8.65. The van der Waals surface area contributed by atoms with Gasteiger partial charge in [-0.3, -0.25) is 14.3 Å². The zero-order valence-electron chi connectivity index (χ0n) is 24.5. The van der Waals surface area contributed by atoms with Crippen molar-refractivity contribution in [1.29, 1.82) is 0 Å². The third-order valence-electron chi connectivity index (χ3n) is 6.87. The lowest BCUT2D eigenvalue weighted by Gasteiger charge is -2.28. The molecule has 10 nitrogen and oxygen atoms in total. The summed E-state index contributed by atoms with van der Waals surface area (Å²) in [4.78, 5) is 28.6. The molecule has 1 saturated heterocycles. The van der Waals surface area contributed by atoms with Gasteiger partial charge in [0.1, 0.15) is 11.5 Å². The van der Waals surface area contributed by atoms with Crippen LogP contribution in [-0.2, 0) is 16.1 Å². The van der Waals surface area contributed by atoms with Gasteiger partial charge < -0.3 is 29.7 Å². The number of hydrogen-bond donors (Lipinski definition) is 2. The van der Waals surface area contributed by atoms with Gasteiger partial charge in [0.15, 0.2) is 5.69 Å². The fraction of sp³-hybridized carbons (Fsp3) is 0.621. The van der Waals surface area contributed by atoms with E-state index in [-0.39, 0.29) is 36.7 Å². The number of piperidine rings is 1. The third kappa shape index (κ3) is 9.67. The Morgan fingerprint density at radius 1 is 1.05 bits per heavy atom. The minimum absolute atomic E-state index is 0. The van der Waals surface area contributed by atoms with Gasteiger partial charge in [-0.25, -0.2) is 0 Å². The van der Waals surface area contributed by atoms with E-state index in [0.717, 1.165) is 30.9 Å². The SMILES string of the molecule is COCCNC(=O)C[C@H](CCN1CCCCC1)NC(=O)c1cc(-c2c(OC)cccc2OC)n(CC(C)C)n1.Cl. The fourth-order valence-corrected chi connectivity index (χ4v) is 4.91. The fourth-order valence-electron chi connectivity index (χ4n) is 4.91. The molecule has 224 valence electrons. The van der Waals surface area contributed by atoms with Crippen molar-refractivity contribution in [3.63, 3.8) is 0 Å². The van der Waals surface area contributed by atoms with Crippen LogP contribution < -0.4 is 20.1 Å². The van der Waals surface area contributed by atoms with Gasteiger partial charge in [0.25, 0.3) is 5.91 Å². The Kier molecular flexibility index (Phi) is 14.3. The number of nitrogens with zero attached hydrogens (tertiary/aromatic N) is 3. The van der Waals surface area contributed by atoms with E-state index >= 15 is 0 Å². The zero-order valence-corrected chi connectivity index (χ0v) is 25.3. The summed E-state index contributed by atoms with van der Waals surface area (Å²) in [6.07, 6.45) is 4.53. The number of likely N-dealkylation sites (tertiary alicyclic amines) is 1. The first-order valence-electron chi connectivity index (χ1n) is 13.9. The van der Waals surface area contributed by atoms with E-state index in [1.54, 1.807) is 27.4 Å². The number of halogens is 1. The molecule has 2 aromatic rings. The van der Waals surface area contributed by atoms with Gasteiger partial charge in [-0.05, 0) is 56.5 Å². The lowest BCUT2D eigenvalue weighted by Crippen LogP contribution is -2.42. The van der Waals surface area contributed by atoms with Gasteiger partial charge in [0.2, 0.25) is 5.91 Å². The summed E-state index contributed by atoms with van der Waals surface area (Å²) in [5.74, 6) is 1.16. The minimum atomic E-state index is -0.318. The molecule has 2 heterocycles. The molecule has 1 aromatic heterocycles. The molecule has 0 bridgehead atoms. The predicted molar refractivity (Wildman–Crippen MR) is 159 cm³/mol. The van der Waals surface area contributed by atoms with Crippen LogP contribution in [0.5, 0.6) is 11.5 Å². The molecule has 0 radical (unpaired) electrons. The maximum atomic E-state index is 13.5. The Morgan fingerprint density at radius 3 is 2.33 bits per heavy atom. The monoisotopic (exact) mass is 579 g/mol. The van der Waals surface area contributed by atoms with Gasteiger partial charge >= 0.3 is 0 Å². The molecular formula is C29H46ClN5O5. The smallest absolute Gasteiger partial charge is 0.272 e. The number of carbonyl (C=O) groups excluding carboxylic acids is 2. The van der Waals surface area contributed by atoms with Crippen LogP contribution >= 0.6 is 12.4 Å². The Morgan fingerprint density at radius 2 is 1.73 bits per heavy atom. The largest absolute Gasteiger partial charge is 0.496 e. The third-order valence-corrected chi connectivity index (χ3v) is 6.87. The Balaban J connectivity index is 0.00000560. The second-order valence-electron chi connectivity index (χ2n) is 10.4. The maximum absolute atomic E-state index is 13.5. The topological polar surface area (TPSA) is 107 Å². The lowest BCUT2D eigenvalue weighted by molar-refractivity contribution is -0.121. The lowest BCUT2D eigenvalue weighted by atomic mass is 10.1. The molecule has 0 spiro atoms. The number of ether oxygens (including phenoxy) is 3. The number of carbonyl (C=O) groups is 2. The van der Waals surface area contributed by atoms with Crippen molar-refractivity contribution in [2.24, 2.45) is 5.92 Å². The first-order chi connectivity index (χ1) is 18.9. The molecule has 1 aliphatic heterocycles. The summed E-state index contributed by atoms with van der Waals surface area (Å²) in [6, 6.07) is 7.05. The van der Waals surface area contributed by atoms with E-state index in [2.05, 4.69) is 34.5 Å². The van der Waals surface area contributed by atoms with Crippen molar-refractivity contribution in [3.05, 3.63) is 30.0 Å². The van der Waals surface area contributed by atoms with E-state index in [9.17, 15) is 9.59 Å². The Bertz CT molecular complexity index is 1050. The molecule has 0 aliphatic carbocycles. The highest BCUT2D eigenvalue weighted by atomic mass is 35.5. The van der Waals surface area contributed by atoms with Crippen molar-refractivity contribution in [2.45, 2.75) is 58.5 Å². The van der Waals surface area contributed by atoms with Crippen LogP contribution in [0.4, 0.5) is 0 Å². The molecule has 1 atom stereocenters. The summed E-state index contributed by atoms with van der Waals surface area (Å²) in [5, 5.41) is 10.7. The normalized spacial score (nSPS) is 14.3. The van der Waals surface area contributed by atoms with Crippen LogP contribution in [0.15, 0.2) is 24.3 Å². The van der Waals surface area contributed by atoms with Gasteiger partial charge in [0.05, 0.1) is 32.1 Å². The van der Waals surface area contributed by atoms with E-state index in [4.69, 9.17) is 14.2 Å². The number of methoxy groups -OCH3 is 3. The minimum Gasteiger partial charge on any atom is -0.496 e. The van der Waals surface area contributed by atoms with Gasteiger partial charge in [-0.1, -0.05) is 26.3 Å². The second kappa shape index (κ2) is 17.1. The average molecular weight is 580 g/mol. The van der Waals surface area contributed by atoms with Crippen LogP contribution in [0.2, 0.25) is 0 Å².